The van der Waals surface area contributed by atoms with Crippen molar-refractivity contribution >= 4 is 40.4 Å². The smallest absolute Gasteiger partial charge is 0.335 e. The molecule has 1 N–H and O–H groups in total. The molecule has 4 amide bonds. The van der Waals surface area contributed by atoms with Crippen LogP contribution in [0.5, 0.6) is 11.5 Å². The number of urea groups is 1. The van der Waals surface area contributed by atoms with Gasteiger partial charge in [0.1, 0.15) is 12.2 Å². The first kappa shape index (κ1) is 25.7. The molecule has 1 aliphatic rings. The molecule has 1 aliphatic heterocycles. The molecule has 0 unspecified atom stereocenters. The van der Waals surface area contributed by atoms with Gasteiger partial charge in [0.05, 0.1) is 12.3 Å². The standard InChI is InChI=1S/C32H28N2O5/c1-4-38-29-18-22(13-15-28(29)39-19-24-10-7-9-23-8-5-6-11-25(23)24)17-26-30(35)33-32(37)34(31(26)36)27-14-12-20(2)16-21(27)3/h5-18H,4,19H2,1-3H3,(H,33,35,37)/b26-17+. The van der Waals surface area contributed by atoms with E-state index >= 15 is 0 Å². The Bertz CT molecular complexity index is 1630. The molecule has 5 rings (SSSR count). The zero-order chi connectivity index (χ0) is 27.5. The van der Waals surface area contributed by atoms with E-state index in [2.05, 4.69) is 23.5 Å². The molecule has 0 spiro atoms. The number of rotatable bonds is 7. The molecule has 7 nitrogen and oxygen atoms in total. The maximum absolute atomic E-state index is 13.4. The van der Waals surface area contributed by atoms with Crippen molar-refractivity contribution in [2.75, 3.05) is 11.5 Å². The van der Waals surface area contributed by atoms with Crippen LogP contribution in [-0.4, -0.2) is 24.5 Å². The molecule has 0 bridgehead atoms. The summed E-state index contributed by atoms with van der Waals surface area (Å²) in [6.07, 6.45) is 1.46. The summed E-state index contributed by atoms with van der Waals surface area (Å²) in [5.41, 5.74) is 3.62. The average molecular weight is 521 g/mol. The SMILES string of the molecule is CCOc1cc(/C=C2\C(=O)NC(=O)N(c3ccc(C)cc3C)C2=O)ccc1OCc1cccc2ccccc12. The number of carbonyl (C=O) groups is 3. The summed E-state index contributed by atoms with van der Waals surface area (Å²) in [7, 11) is 0. The van der Waals surface area contributed by atoms with Crippen LogP contribution in [0.15, 0.2) is 84.4 Å². The Hall–Kier alpha value is -4.91. The second-order valence-corrected chi connectivity index (χ2v) is 9.31. The van der Waals surface area contributed by atoms with Gasteiger partial charge in [-0.05, 0) is 72.5 Å². The molecule has 4 aromatic rings. The van der Waals surface area contributed by atoms with Crippen molar-refractivity contribution < 1.29 is 23.9 Å². The minimum absolute atomic E-state index is 0.151. The van der Waals surface area contributed by atoms with Crippen LogP contribution in [0.2, 0.25) is 0 Å². The van der Waals surface area contributed by atoms with Crippen molar-refractivity contribution in [3.8, 4) is 11.5 Å². The summed E-state index contributed by atoms with van der Waals surface area (Å²) >= 11 is 0. The Morgan fingerprint density at radius 1 is 0.846 bits per heavy atom. The molecule has 7 heteroatoms. The van der Waals surface area contributed by atoms with Gasteiger partial charge in [0.15, 0.2) is 11.5 Å². The number of nitrogens with one attached hydrogen (secondary N) is 1. The number of imide groups is 2. The maximum Gasteiger partial charge on any atom is 0.335 e. The van der Waals surface area contributed by atoms with Gasteiger partial charge in [0, 0.05) is 0 Å². The second kappa shape index (κ2) is 10.8. The summed E-state index contributed by atoms with van der Waals surface area (Å²) < 4.78 is 12.0. The fourth-order valence-electron chi connectivity index (χ4n) is 4.68. The third-order valence-corrected chi connectivity index (χ3v) is 6.54. The first-order chi connectivity index (χ1) is 18.9. The molecule has 4 aromatic carbocycles. The lowest BCUT2D eigenvalue weighted by atomic mass is 10.0. The molecule has 39 heavy (non-hydrogen) atoms. The van der Waals surface area contributed by atoms with Crippen LogP contribution in [-0.2, 0) is 16.2 Å². The zero-order valence-electron chi connectivity index (χ0n) is 22.0. The number of hydrogen-bond donors (Lipinski definition) is 1. The number of nitrogens with zero attached hydrogens (tertiary/aromatic N) is 1. The van der Waals surface area contributed by atoms with E-state index in [0.717, 1.165) is 32.4 Å². The second-order valence-electron chi connectivity index (χ2n) is 9.31. The number of fused-ring (bicyclic) bond motifs is 1. The van der Waals surface area contributed by atoms with Gasteiger partial charge in [-0.2, -0.15) is 0 Å². The Labute approximate surface area is 226 Å². The van der Waals surface area contributed by atoms with Crippen molar-refractivity contribution in [3.05, 3.63) is 107 Å². The van der Waals surface area contributed by atoms with Crippen LogP contribution >= 0.6 is 0 Å². The first-order valence-corrected chi connectivity index (χ1v) is 12.7. The number of carbonyl (C=O) groups excluding carboxylic acids is 3. The zero-order valence-corrected chi connectivity index (χ0v) is 22.0. The first-order valence-electron chi connectivity index (χ1n) is 12.7. The maximum atomic E-state index is 13.4. The van der Waals surface area contributed by atoms with Gasteiger partial charge in [-0.3, -0.25) is 14.9 Å². The van der Waals surface area contributed by atoms with E-state index < -0.39 is 17.8 Å². The summed E-state index contributed by atoms with van der Waals surface area (Å²) in [5.74, 6) is -0.415. The number of aryl methyl sites for hydroxylation is 2. The average Bonchev–Trinajstić information content (AvgIpc) is 2.92. The molecule has 0 saturated carbocycles. The van der Waals surface area contributed by atoms with E-state index in [4.69, 9.17) is 9.47 Å². The van der Waals surface area contributed by atoms with Gasteiger partial charge in [-0.25, -0.2) is 9.69 Å². The van der Waals surface area contributed by atoms with E-state index in [1.165, 1.54) is 6.08 Å². The van der Waals surface area contributed by atoms with E-state index in [-0.39, 0.29) is 5.57 Å². The lowest BCUT2D eigenvalue weighted by Gasteiger charge is -2.27. The Balaban J connectivity index is 1.43. The molecule has 1 fully saturated rings. The highest BCUT2D eigenvalue weighted by atomic mass is 16.5. The number of anilines is 1. The van der Waals surface area contributed by atoms with Crippen LogP contribution in [0, 0.1) is 13.8 Å². The van der Waals surface area contributed by atoms with Crippen molar-refractivity contribution in [2.24, 2.45) is 0 Å². The monoisotopic (exact) mass is 520 g/mol. The number of amides is 4. The number of benzene rings is 4. The van der Waals surface area contributed by atoms with Gasteiger partial charge in [-0.15, -0.1) is 0 Å². The molecule has 0 aliphatic carbocycles. The van der Waals surface area contributed by atoms with E-state index in [1.807, 2.05) is 57.2 Å². The van der Waals surface area contributed by atoms with Crippen molar-refractivity contribution in [1.82, 2.24) is 5.32 Å². The van der Waals surface area contributed by atoms with Gasteiger partial charge in [-0.1, -0.05) is 66.2 Å². The predicted octanol–water partition coefficient (Wildman–Crippen LogP) is 6.10. The van der Waals surface area contributed by atoms with Crippen LogP contribution in [0.3, 0.4) is 0 Å². The number of ether oxygens (including phenoxy) is 2. The minimum atomic E-state index is -0.777. The lowest BCUT2D eigenvalue weighted by Crippen LogP contribution is -2.54. The largest absolute Gasteiger partial charge is 0.490 e. The van der Waals surface area contributed by atoms with E-state index in [0.29, 0.717) is 36.0 Å². The van der Waals surface area contributed by atoms with Crippen molar-refractivity contribution in [2.45, 2.75) is 27.4 Å². The third-order valence-electron chi connectivity index (χ3n) is 6.54. The summed E-state index contributed by atoms with van der Waals surface area (Å²) in [6, 6.07) is 24.0. The van der Waals surface area contributed by atoms with Crippen molar-refractivity contribution in [1.29, 1.82) is 0 Å². The Morgan fingerprint density at radius 3 is 2.44 bits per heavy atom. The highest BCUT2D eigenvalue weighted by Crippen LogP contribution is 2.32. The summed E-state index contributed by atoms with van der Waals surface area (Å²) in [6.45, 7) is 6.35. The van der Waals surface area contributed by atoms with Gasteiger partial charge in [0.2, 0.25) is 0 Å². The van der Waals surface area contributed by atoms with Crippen LogP contribution in [0.25, 0.3) is 16.8 Å². The predicted molar refractivity (Wildman–Crippen MR) is 151 cm³/mol. The lowest BCUT2D eigenvalue weighted by molar-refractivity contribution is -0.122. The van der Waals surface area contributed by atoms with Gasteiger partial charge in [0.25, 0.3) is 11.8 Å². The van der Waals surface area contributed by atoms with Gasteiger partial charge >= 0.3 is 6.03 Å². The topological polar surface area (TPSA) is 84.9 Å². The van der Waals surface area contributed by atoms with Crippen molar-refractivity contribution in [3.63, 3.8) is 0 Å². The molecule has 1 heterocycles. The fourth-order valence-corrected chi connectivity index (χ4v) is 4.68. The van der Waals surface area contributed by atoms with Crippen LogP contribution < -0.4 is 19.7 Å². The Kier molecular flexibility index (Phi) is 7.14. The highest BCUT2D eigenvalue weighted by Gasteiger charge is 2.37. The molecule has 0 aromatic heterocycles. The van der Waals surface area contributed by atoms with Crippen LogP contribution in [0.1, 0.15) is 29.2 Å². The number of hydrogen-bond acceptors (Lipinski definition) is 5. The fraction of sp³-hybridized carbons (Fsp3) is 0.156. The summed E-state index contributed by atoms with van der Waals surface area (Å²) in [4.78, 5) is 39.6. The molecule has 0 atom stereocenters. The van der Waals surface area contributed by atoms with Gasteiger partial charge < -0.3 is 9.47 Å². The highest BCUT2D eigenvalue weighted by molar-refractivity contribution is 6.39. The molecular formula is C32H28N2O5. The molecule has 196 valence electrons. The van der Waals surface area contributed by atoms with Crippen LogP contribution in [0.4, 0.5) is 10.5 Å². The van der Waals surface area contributed by atoms with E-state index in [1.54, 1.807) is 24.3 Å². The Morgan fingerprint density at radius 2 is 1.64 bits per heavy atom. The third kappa shape index (κ3) is 5.25. The molecule has 0 radical (unpaired) electrons. The quantitative estimate of drug-likeness (QED) is 0.235. The normalized spacial score (nSPS) is 14.6. The molecule has 1 saturated heterocycles. The molecular weight excluding hydrogens is 492 g/mol. The number of barbiturate groups is 1. The minimum Gasteiger partial charge on any atom is -0.490 e. The summed E-state index contributed by atoms with van der Waals surface area (Å²) in [5, 5.41) is 4.53. The van der Waals surface area contributed by atoms with E-state index in [9.17, 15) is 14.4 Å².